The van der Waals surface area contributed by atoms with Gasteiger partial charge in [-0.2, -0.15) is 0 Å². The average Bonchev–Trinajstić information content (AvgIpc) is 2.87. The van der Waals surface area contributed by atoms with Gasteiger partial charge in [0.25, 0.3) is 0 Å². The minimum atomic E-state index is 0.0425. The van der Waals surface area contributed by atoms with Crippen LogP contribution in [0.15, 0.2) is 29.6 Å². The number of nitrogens with one attached hydrogen (secondary N) is 1. The van der Waals surface area contributed by atoms with Gasteiger partial charge in [0.2, 0.25) is 0 Å². The molecule has 0 amide bonds. The van der Waals surface area contributed by atoms with Crippen molar-refractivity contribution in [3.8, 4) is 5.75 Å². The number of halogens is 2. The van der Waals surface area contributed by atoms with Gasteiger partial charge in [-0.1, -0.05) is 29.3 Å². The van der Waals surface area contributed by atoms with E-state index >= 15 is 0 Å². The van der Waals surface area contributed by atoms with E-state index in [0.29, 0.717) is 15.8 Å². The average molecular weight is 302 g/mol. The Bertz CT molecular complexity index is 528. The lowest BCUT2D eigenvalue weighted by molar-refractivity contribution is 0.415. The van der Waals surface area contributed by atoms with E-state index in [1.165, 1.54) is 4.88 Å². The molecule has 0 spiro atoms. The van der Waals surface area contributed by atoms with E-state index < -0.39 is 0 Å². The van der Waals surface area contributed by atoms with Gasteiger partial charge in [0.1, 0.15) is 5.75 Å². The maximum Gasteiger partial charge on any atom is 0.138 e. The molecule has 1 unspecified atom stereocenters. The minimum absolute atomic E-state index is 0.0425. The van der Waals surface area contributed by atoms with Crippen LogP contribution < -0.4 is 10.1 Å². The van der Waals surface area contributed by atoms with Gasteiger partial charge in [0.15, 0.2) is 0 Å². The molecule has 1 atom stereocenters. The molecule has 0 aliphatic heterocycles. The lowest BCUT2D eigenvalue weighted by atomic mass is 10.1. The Hall–Kier alpha value is -0.740. The third-order valence-electron chi connectivity index (χ3n) is 2.70. The van der Waals surface area contributed by atoms with Crippen LogP contribution in [0.3, 0.4) is 0 Å². The summed E-state index contributed by atoms with van der Waals surface area (Å²) in [4.78, 5) is 1.20. The Morgan fingerprint density at radius 1 is 1.28 bits per heavy atom. The highest BCUT2D eigenvalue weighted by atomic mass is 35.5. The Kier molecular flexibility index (Phi) is 4.51. The summed E-state index contributed by atoms with van der Waals surface area (Å²) in [5.74, 6) is 0.589. The number of hydrogen-bond acceptors (Lipinski definition) is 3. The predicted octanol–water partition coefficient (Wildman–Crippen LogP) is 4.37. The summed E-state index contributed by atoms with van der Waals surface area (Å²) in [6, 6.07) is 7.73. The fraction of sp³-hybridized carbons (Fsp3) is 0.231. The Morgan fingerprint density at radius 3 is 2.61 bits per heavy atom. The molecule has 0 bridgehead atoms. The van der Waals surface area contributed by atoms with Crippen LogP contribution >= 0.6 is 34.5 Å². The van der Waals surface area contributed by atoms with Crippen LogP contribution in [0.4, 0.5) is 0 Å². The fourth-order valence-corrected chi connectivity index (χ4v) is 3.19. The van der Waals surface area contributed by atoms with Crippen LogP contribution in [0.1, 0.15) is 16.5 Å². The van der Waals surface area contributed by atoms with Crippen molar-refractivity contribution in [1.29, 1.82) is 0 Å². The van der Waals surface area contributed by atoms with Crippen molar-refractivity contribution in [3.63, 3.8) is 0 Å². The highest BCUT2D eigenvalue weighted by molar-refractivity contribution is 7.10. The van der Waals surface area contributed by atoms with Gasteiger partial charge in [-0.3, -0.25) is 0 Å². The highest BCUT2D eigenvalue weighted by Gasteiger charge is 2.18. The largest absolute Gasteiger partial charge is 0.495 e. The molecule has 18 heavy (non-hydrogen) atoms. The monoisotopic (exact) mass is 301 g/mol. The topological polar surface area (TPSA) is 21.3 Å². The summed E-state index contributed by atoms with van der Waals surface area (Å²) in [5.41, 5.74) is 0.951. The molecule has 0 saturated heterocycles. The molecule has 0 fully saturated rings. The first kappa shape index (κ1) is 13.7. The molecular formula is C13H13Cl2NOS. The summed E-state index contributed by atoms with van der Waals surface area (Å²) in [5, 5.41) is 6.50. The standard InChI is InChI=1S/C13H13Cl2NOS/c1-16-13(12-4-3-5-18-12)8-6-10(15)11(17-2)7-9(8)14/h3-7,13,16H,1-2H3. The normalized spacial score (nSPS) is 12.4. The SMILES string of the molecule is CNC(c1cccs1)c1cc(Cl)c(OC)cc1Cl. The third kappa shape index (κ3) is 2.64. The second-order valence-electron chi connectivity index (χ2n) is 3.75. The third-order valence-corrected chi connectivity index (χ3v) is 4.26. The number of benzene rings is 1. The summed E-state index contributed by atoms with van der Waals surface area (Å²) in [6.07, 6.45) is 0. The number of rotatable bonds is 4. The molecule has 96 valence electrons. The van der Waals surface area contributed by atoms with Gasteiger partial charge < -0.3 is 10.1 Å². The van der Waals surface area contributed by atoms with Crippen LogP contribution in [0.5, 0.6) is 5.75 Å². The van der Waals surface area contributed by atoms with Crippen molar-refractivity contribution < 1.29 is 4.74 Å². The number of ether oxygens (including phenoxy) is 1. The predicted molar refractivity (Wildman–Crippen MR) is 78.2 cm³/mol. The summed E-state index contributed by atoms with van der Waals surface area (Å²) < 4.78 is 5.15. The Morgan fingerprint density at radius 2 is 2.06 bits per heavy atom. The van der Waals surface area contributed by atoms with Gasteiger partial charge in [-0.25, -0.2) is 0 Å². The lowest BCUT2D eigenvalue weighted by Gasteiger charge is -2.18. The first-order valence-corrected chi connectivity index (χ1v) is 7.04. The molecule has 1 N–H and O–H groups in total. The molecule has 1 aromatic carbocycles. The Balaban J connectivity index is 2.46. The number of thiophene rings is 1. The molecule has 0 saturated carbocycles. The van der Waals surface area contributed by atoms with Gasteiger partial charge in [0, 0.05) is 16.0 Å². The second-order valence-corrected chi connectivity index (χ2v) is 5.54. The summed E-state index contributed by atoms with van der Waals surface area (Å²) in [6.45, 7) is 0. The maximum absolute atomic E-state index is 6.30. The van der Waals surface area contributed by atoms with E-state index in [1.54, 1.807) is 24.5 Å². The molecule has 2 nitrogen and oxygen atoms in total. The zero-order valence-corrected chi connectivity index (χ0v) is 12.4. The van der Waals surface area contributed by atoms with Gasteiger partial charge in [0.05, 0.1) is 18.2 Å². The molecule has 5 heteroatoms. The molecular weight excluding hydrogens is 289 g/mol. The van der Waals surface area contributed by atoms with E-state index in [2.05, 4.69) is 11.4 Å². The van der Waals surface area contributed by atoms with Crippen molar-refractivity contribution in [2.24, 2.45) is 0 Å². The quantitative estimate of drug-likeness (QED) is 0.905. The van der Waals surface area contributed by atoms with E-state index in [9.17, 15) is 0 Å². The van der Waals surface area contributed by atoms with Crippen molar-refractivity contribution >= 4 is 34.5 Å². The molecule has 0 aliphatic rings. The van der Waals surface area contributed by atoms with Crippen LogP contribution in [-0.2, 0) is 0 Å². The van der Waals surface area contributed by atoms with Crippen LogP contribution in [0, 0.1) is 0 Å². The van der Waals surface area contributed by atoms with Crippen LogP contribution in [0.25, 0.3) is 0 Å². The van der Waals surface area contributed by atoms with Crippen molar-refractivity contribution in [2.75, 3.05) is 14.2 Å². The molecule has 0 aliphatic carbocycles. The molecule has 2 rings (SSSR count). The number of hydrogen-bond donors (Lipinski definition) is 1. The van der Waals surface area contributed by atoms with E-state index in [-0.39, 0.29) is 6.04 Å². The first-order chi connectivity index (χ1) is 8.67. The van der Waals surface area contributed by atoms with Crippen molar-refractivity contribution in [2.45, 2.75) is 6.04 Å². The Labute approximate surface area is 120 Å². The number of methoxy groups -OCH3 is 1. The van der Waals surface area contributed by atoms with Crippen LogP contribution in [-0.4, -0.2) is 14.2 Å². The van der Waals surface area contributed by atoms with Gasteiger partial charge >= 0.3 is 0 Å². The lowest BCUT2D eigenvalue weighted by Crippen LogP contribution is -2.17. The maximum atomic E-state index is 6.30. The van der Waals surface area contributed by atoms with Crippen molar-refractivity contribution in [1.82, 2.24) is 5.32 Å². The first-order valence-electron chi connectivity index (χ1n) is 5.41. The smallest absolute Gasteiger partial charge is 0.138 e. The molecule has 1 heterocycles. The molecule has 0 radical (unpaired) electrons. The van der Waals surface area contributed by atoms with E-state index in [1.807, 2.05) is 24.6 Å². The van der Waals surface area contributed by atoms with Gasteiger partial charge in [-0.15, -0.1) is 11.3 Å². The highest BCUT2D eigenvalue weighted by Crippen LogP contribution is 2.37. The summed E-state index contributed by atoms with van der Waals surface area (Å²) >= 11 is 14.1. The summed E-state index contributed by atoms with van der Waals surface area (Å²) in [7, 11) is 3.48. The van der Waals surface area contributed by atoms with Crippen molar-refractivity contribution in [3.05, 3.63) is 50.1 Å². The van der Waals surface area contributed by atoms with E-state index in [0.717, 1.165) is 5.56 Å². The van der Waals surface area contributed by atoms with E-state index in [4.69, 9.17) is 27.9 Å². The zero-order valence-electron chi connectivity index (χ0n) is 10.0. The van der Waals surface area contributed by atoms with Crippen LogP contribution in [0.2, 0.25) is 10.0 Å². The molecule has 2 aromatic rings. The zero-order chi connectivity index (χ0) is 13.1. The molecule has 1 aromatic heterocycles. The fourth-order valence-electron chi connectivity index (χ4n) is 1.83. The second kappa shape index (κ2) is 5.93. The van der Waals surface area contributed by atoms with Gasteiger partial charge in [-0.05, 0) is 30.1 Å². The minimum Gasteiger partial charge on any atom is -0.495 e.